The van der Waals surface area contributed by atoms with E-state index in [0.29, 0.717) is 17.1 Å². The standard InChI is InChI=1S/C22H18F3NO5/c1-29-14-6-7-15(18(9-14)30-2)16-10-19(27)26(17-11-31-21(28)20(16)17)13-5-3-4-12(8-13)22(23,24)25/h3-9,16H,10-11H2,1-2H3. The number of ether oxygens (including phenoxy) is 3. The topological polar surface area (TPSA) is 65.1 Å². The van der Waals surface area contributed by atoms with Gasteiger partial charge in [0.2, 0.25) is 5.91 Å². The van der Waals surface area contributed by atoms with Crippen LogP contribution in [0.15, 0.2) is 53.7 Å². The van der Waals surface area contributed by atoms with Gasteiger partial charge in [0.25, 0.3) is 0 Å². The van der Waals surface area contributed by atoms with Crippen LogP contribution in [-0.4, -0.2) is 32.7 Å². The van der Waals surface area contributed by atoms with Crippen LogP contribution in [-0.2, 0) is 20.5 Å². The summed E-state index contributed by atoms with van der Waals surface area (Å²) in [6, 6.07) is 9.46. The van der Waals surface area contributed by atoms with Crippen LogP contribution in [0.4, 0.5) is 18.9 Å². The highest BCUT2D eigenvalue weighted by atomic mass is 19.4. The molecule has 0 saturated carbocycles. The van der Waals surface area contributed by atoms with E-state index in [1.54, 1.807) is 18.2 Å². The van der Waals surface area contributed by atoms with Gasteiger partial charge in [0, 0.05) is 29.7 Å². The van der Waals surface area contributed by atoms with E-state index in [9.17, 15) is 22.8 Å². The molecule has 1 amide bonds. The lowest BCUT2D eigenvalue weighted by Gasteiger charge is -2.32. The van der Waals surface area contributed by atoms with Crippen molar-refractivity contribution in [3.05, 3.63) is 64.9 Å². The highest BCUT2D eigenvalue weighted by Gasteiger charge is 2.44. The molecule has 0 aromatic heterocycles. The molecule has 31 heavy (non-hydrogen) atoms. The molecule has 2 heterocycles. The summed E-state index contributed by atoms with van der Waals surface area (Å²) in [4.78, 5) is 26.8. The molecule has 9 heteroatoms. The third-order valence-corrected chi connectivity index (χ3v) is 5.37. The fourth-order valence-electron chi connectivity index (χ4n) is 3.95. The van der Waals surface area contributed by atoms with E-state index in [4.69, 9.17) is 14.2 Å². The quantitative estimate of drug-likeness (QED) is 0.681. The first-order valence-corrected chi connectivity index (χ1v) is 9.37. The lowest BCUT2D eigenvalue weighted by molar-refractivity contribution is -0.138. The Morgan fingerprint density at radius 3 is 2.52 bits per heavy atom. The number of alkyl halides is 3. The number of anilines is 1. The Labute approximate surface area is 175 Å². The average Bonchev–Trinajstić information content (AvgIpc) is 3.13. The van der Waals surface area contributed by atoms with Crippen LogP contribution >= 0.6 is 0 Å². The van der Waals surface area contributed by atoms with Crippen molar-refractivity contribution in [2.75, 3.05) is 25.7 Å². The maximum absolute atomic E-state index is 13.2. The van der Waals surface area contributed by atoms with Gasteiger partial charge in [-0.3, -0.25) is 9.69 Å². The fraction of sp³-hybridized carbons (Fsp3) is 0.273. The van der Waals surface area contributed by atoms with E-state index in [0.717, 1.165) is 17.0 Å². The zero-order valence-corrected chi connectivity index (χ0v) is 16.7. The monoisotopic (exact) mass is 433 g/mol. The minimum atomic E-state index is -4.56. The average molecular weight is 433 g/mol. The largest absolute Gasteiger partial charge is 0.497 e. The van der Waals surface area contributed by atoms with Gasteiger partial charge >= 0.3 is 12.1 Å². The van der Waals surface area contributed by atoms with Crippen molar-refractivity contribution in [1.82, 2.24) is 0 Å². The zero-order valence-electron chi connectivity index (χ0n) is 16.7. The second-order valence-corrected chi connectivity index (χ2v) is 7.08. The number of hydrogen-bond donors (Lipinski definition) is 0. The van der Waals surface area contributed by atoms with Gasteiger partial charge in [-0.15, -0.1) is 0 Å². The predicted octanol–water partition coefficient (Wildman–Crippen LogP) is 4.05. The summed E-state index contributed by atoms with van der Waals surface area (Å²) < 4.78 is 55.3. The number of benzene rings is 2. The summed E-state index contributed by atoms with van der Waals surface area (Å²) in [5, 5.41) is 0. The lowest BCUT2D eigenvalue weighted by Crippen LogP contribution is -2.37. The summed E-state index contributed by atoms with van der Waals surface area (Å²) in [5.41, 5.74) is 0.213. The fourth-order valence-corrected chi connectivity index (χ4v) is 3.95. The first-order chi connectivity index (χ1) is 14.7. The molecule has 0 spiro atoms. The van der Waals surface area contributed by atoms with Gasteiger partial charge in [0.1, 0.15) is 18.1 Å². The van der Waals surface area contributed by atoms with Crippen molar-refractivity contribution < 1.29 is 37.0 Å². The minimum Gasteiger partial charge on any atom is -0.497 e. The SMILES string of the molecule is COc1ccc(C2CC(=O)N(c3cccc(C(F)(F)F)c3)C3=C2C(=O)OC3)c(OC)c1. The van der Waals surface area contributed by atoms with Crippen LogP contribution in [0.3, 0.4) is 0 Å². The van der Waals surface area contributed by atoms with Crippen molar-refractivity contribution in [2.45, 2.75) is 18.5 Å². The molecule has 1 unspecified atom stereocenters. The molecule has 6 nitrogen and oxygen atoms in total. The van der Waals surface area contributed by atoms with E-state index in [1.165, 1.54) is 26.4 Å². The highest BCUT2D eigenvalue weighted by Crippen LogP contribution is 2.45. The number of carbonyl (C=O) groups is 2. The van der Waals surface area contributed by atoms with E-state index in [2.05, 4.69) is 0 Å². The Kier molecular flexibility index (Phi) is 5.12. The number of halogens is 3. The van der Waals surface area contributed by atoms with E-state index in [-0.39, 0.29) is 30.0 Å². The Morgan fingerprint density at radius 1 is 1.06 bits per heavy atom. The first-order valence-electron chi connectivity index (χ1n) is 9.37. The molecule has 2 aliphatic heterocycles. The summed E-state index contributed by atoms with van der Waals surface area (Å²) in [7, 11) is 2.96. The normalized spacial score (nSPS) is 18.7. The van der Waals surface area contributed by atoms with E-state index < -0.39 is 29.5 Å². The number of carbonyl (C=O) groups excluding carboxylic acids is 2. The highest BCUT2D eigenvalue weighted by molar-refractivity contribution is 6.06. The van der Waals surface area contributed by atoms with Crippen LogP contribution in [0, 0.1) is 0 Å². The van der Waals surface area contributed by atoms with Crippen LogP contribution in [0.25, 0.3) is 0 Å². The minimum absolute atomic E-state index is 0.0331. The van der Waals surface area contributed by atoms with Gasteiger partial charge in [-0.25, -0.2) is 4.79 Å². The summed E-state index contributed by atoms with van der Waals surface area (Å²) in [6.07, 6.45) is -4.69. The number of cyclic esters (lactones) is 1. The molecular formula is C22H18F3NO5. The third kappa shape index (κ3) is 3.60. The second kappa shape index (κ2) is 7.64. The van der Waals surface area contributed by atoms with Gasteiger partial charge < -0.3 is 14.2 Å². The number of esters is 1. The molecule has 162 valence electrons. The van der Waals surface area contributed by atoms with Crippen molar-refractivity contribution in [2.24, 2.45) is 0 Å². The summed E-state index contributed by atoms with van der Waals surface area (Å²) in [5.74, 6) is -0.741. The molecule has 4 rings (SSSR count). The van der Waals surface area contributed by atoms with Crippen LogP contribution in [0.5, 0.6) is 11.5 Å². The van der Waals surface area contributed by atoms with E-state index >= 15 is 0 Å². The molecular weight excluding hydrogens is 415 g/mol. The van der Waals surface area contributed by atoms with Crippen LogP contribution < -0.4 is 14.4 Å². The number of hydrogen-bond acceptors (Lipinski definition) is 5. The second-order valence-electron chi connectivity index (χ2n) is 7.08. The number of amides is 1. The molecule has 0 aliphatic carbocycles. The van der Waals surface area contributed by atoms with Gasteiger partial charge in [-0.05, 0) is 24.3 Å². The molecule has 0 saturated heterocycles. The zero-order chi connectivity index (χ0) is 22.3. The van der Waals surface area contributed by atoms with Crippen molar-refractivity contribution >= 4 is 17.6 Å². The molecule has 0 fully saturated rings. The van der Waals surface area contributed by atoms with Gasteiger partial charge in [0.15, 0.2) is 0 Å². The predicted molar refractivity (Wildman–Crippen MR) is 104 cm³/mol. The summed E-state index contributed by atoms with van der Waals surface area (Å²) >= 11 is 0. The molecule has 2 aliphatic rings. The molecule has 0 bridgehead atoms. The third-order valence-electron chi connectivity index (χ3n) is 5.37. The van der Waals surface area contributed by atoms with Crippen LogP contribution in [0.2, 0.25) is 0 Å². The molecule has 0 radical (unpaired) electrons. The maximum atomic E-state index is 13.2. The number of nitrogens with zero attached hydrogens (tertiary/aromatic N) is 1. The van der Waals surface area contributed by atoms with Crippen molar-refractivity contribution in [3.8, 4) is 11.5 Å². The molecule has 0 N–H and O–H groups in total. The summed E-state index contributed by atoms with van der Waals surface area (Å²) in [6.45, 7) is -0.203. The number of methoxy groups -OCH3 is 2. The Bertz CT molecular complexity index is 1090. The Hall–Kier alpha value is -3.49. The maximum Gasteiger partial charge on any atom is 0.416 e. The van der Waals surface area contributed by atoms with E-state index in [1.807, 2.05) is 0 Å². The molecule has 2 aromatic carbocycles. The molecule has 1 atom stereocenters. The van der Waals surface area contributed by atoms with Gasteiger partial charge in [0.05, 0.1) is 31.1 Å². The van der Waals surface area contributed by atoms with Gasteiger partial charge in [-0.1, -0.05) is 12.1 Å². The number of rotatable bonds is 4. The Morgan fingerprint density at radius 2 is 1.84 bits per heavy atom. The molecule has 2 aromatic rings. The Balaban J connectivity index is 1.83. The lowest BCUT2D eigenvalue weighted by atomic mass is 9.83. The van der Waals surface area contributed by atoms with Crippen molar-refractivity contribution in [3.63, 3.8) is 0 Å². The van der Waals surface area contributed by atoms with Crippen molar-refractivity contribution in [1.29, 1.82) is 0 Å². The van der Waals surface area contributed by atoms with Crippen LogP contribution in [0.1, 0.15) is 23.5 Å². The first kappa shape index (κ1) is 20.8. The van der Waals surface area contributed by atoms with Gasteiger partial charge in [-0.2, -0.15) is 13.2 Å². The smallest absolute Gasteiger partial charge is 0.416 e.